The summed E-state index contributed by atoms with van der Waals surface area (Å²) in [5, 5.41) is 0. The lowest BCUT2D eigenvalue weighted by Crippen LogP contribution is -2.38. The summed E-state index contributed by atoms with van der Waals surface area (Å²) in [5.41, 5.74) is 4.74. The summed E-state index contributed by atoms with van der Waals surface area (Å²) < 4.78 is 5.82. The van der Waals surface area contributed by atoms with E-state index in [1.165, 1.54) is 0 Å². The third-order valence-electron chi connectivity index (χ3n) is 3.75. The van der Waals surface area contributed by atoms with Crippen LogP contribution in [0.15, 0.2) is 0 Å². The number of aromatic nitrogens is 2. The van der Waals surface area contributed by atoms with Gasteiger partial charge < -0.3 is 10.2 Å². The molecule has 1 aromatic rings. The first-order valence-corrected chi connectivity index (χ1v) is 7.25. The third-order valence-corrected chi connectivity index (χ3v) is 3.75. The van der Waals surface area contributed by atoms with E-state index in [4.69, 9.17) is 10.6 Å². The second kappa shape index (κ2) is 6.47. The van der Waals surface area contributed by atoms with Gasteiger partial charge in [0.2, 0.25) is 0 Å². The Bertz CT molecular complexity index is 463. The van der Waals surface area contributed by atoms with Crippen LogP contribution in [0, 0.1) is 6.92 Å². The molecule has 0 aliphatic carbocycles. The first kappa shape index (κ1) is 15.2. The van der Waals surface area contributed by atoms with Crippen LogP contribution in [0.4, 0.5) is 5.82 Å². The number of nitrogens with zero attached hydrogens (tertiary/aromatic N) is 3. The van der Waals surface area contributed by atoms with Gasteiger partial charge in [-0.25, -0.2) is 15.8 Å². The van der Waals surface area contributed by atoms with Crippen molar-refractivity contribution in [1.29, 1.82) is 0 Å². The Balaban J connectivity index is 2.31. The molecule has 112 valence electrons. The summed E-state index contributed by atoms with van der Waals surface area (Å²) in [6, 6.07) is 0. The quantitative estimate of drug-likeness (QED) is 0.644. The number of hydrogen-bond donors (Lipinski definition) is 2. The van der Waals surface area contributed by atoms with E-state index in [0.29, 0.717) is 11.7 Å². The molecule has 2 rings (SSSR count). The average Bonchev–Trinajstić information content (AvgIpc) is 2.45. The van der Waals surface area contributed by atoms with Crippen molar-refractivity contribution in [3.63, 3.8) is 0 Å². The van der Waals surface area contributed by atoms with Gasteiger partial charge in [0.05, 0.1) is 6.61 Å². The Morgan fingerprint density at radius 1 is 1.45 bits per heavy atom. The number of aryl methyl sites for hydroxylation is 1. The fourth-order valence-electron chi connectivity index (χ4n) is 2.69. The largest absolute Gasteiger partial charge is 0.368 e. The van der Waals surface area contributed by atoms with Gasteiger partial charge in [-0.1, -0.05) is 20.8 Å². The first-order chi connectivity index (χ1) is 9.56. The van der Waals surface area contributed by atoms with Crippen molar-refractivity contribution in [3.8, 4) is 0 Å². The minimum atomic E-state index is -0.0734. The lowest BCUT2D eigenvalue weighted by Gasteiger charge is -2.31. The molecule has 0 bridgehead atoms. The maximum Gasteiger partial charge on any atom is 0.161 e. The summed E-state index contributed by atoms with van der Waals surface area (Å²) in [6.07, 6.45) is -0.0734. The number of nitrogens with two attached hydrogens (primary N) is 1. The summed E-state index contributed by atoms with van der Waals surface area (Å²) in [4.78, 5) is 11.5. The van der Waals surface area contributed by atoms with Crippen molar-refractivity contribution in [1.82, 2.24) is 14.9 Å². The smallest absolute Gasteiger partial charge is 0.161 e. The van der Waals surface area contributed by atoms with Crippen LogP contribution in [0.5, 0.6) is 0 Å². The number of hydrogen-bond acceptors (Lipinski definition) is 6. The molecule has 0 saturated carbocycles. The van der Waals surface area contributed by atoms with Gasteiger partial charge in [-0.2, -0.15) is 0 Å². The topological polar surface area (TPSA) is 76.3 Å². The number of likely N-dealkylation sites (N-methyl/N-ethyl adjacent to an activating group) is 1. The maximum absolute atomic E-state index is 5.82. The zero-order valence-electron chi connectivity index (χ0n) is 12.8. The van der Waals surface area contributed by atoms with Crippen LogP contribution >= 0.6 is 0 Å². The Kier molecular flexibility index (Phi) is 4.91. The molecule has 1 aliphatic rings. The number of rotatable bonds is 4. The highest BCUT2D eigenvalue weighted by molar-refractivity contribution is 5.47. The van der Waals surface area contributed by atoms with E-state index in [2.05, 4.69) is 41.1 Å². The number of ether oxygens (including phenoxy) is 1. The number of nitrogens with one attached hydrogen (secondary N) is 1. The van der Waals surface area contributed by atoms with Gasteiger partial charge in [0.1, 0.15) is 11.9 Å². The van der Waals surface area contributed by atoms with Crippen LogP contribution in [0.1, 0.15) is 49.9 Å². The highest BCUT2D eigenvalue weighted by atomic mass is 16.5. The third kappa shape index (κ3) is 3.08. The molecule has 1 fully saturated rings. The predicted octanol–water partition coefficient (Wildman–Crippen LogP) is 1.59. The fourth-order valence-corrected chi connectivity index (χ4v) is 2.69. The van der Waals surface area contributed by atoms with E-state index < -0.39 is 0 Å². The van der Waals surface area contributed by atoms with Gasteiger partial charge in [0.25, 0.3) is 0 Å². The van der Waals surface area contributed by atoms with Gasteiger partial charge in [-0.05, 0) is 19.4 Å². The Labute approximate surface area is 120 Å². The lowest BCUT2D eigenvalue weighted by atomic mass is 10.0. The summed E-state index contributed by atoms with van der Waals surface area (Å²) >= 11 is 0. The van der Waals surface area contributed by atoms with Crippen LogP contribution < -0.4 is 11.3 Å². The zero-order chi connectivity index (χ0) is 14.7. The van der Waals surface area contributed by atoms with E-state index in [0.717, 1.165) is 43.3 Å². The SMILES string of the molecule is CCN1CCOC(c2nc(C)c(C(C)C)c(NN)n2)C1. The molecule has 1 aliphatic heterocycles. The molecule has 1 atom stereocenters. The molecule has 6 nitrogen and oxygen atoms in total. The van der Waals surface area contributed by atoms with Crippen LogP contribution in [0.3, 0.4) is 0 Å². The van der Waals surface area contributed by atoms with Crippen LogP contribution in [0.2, 0.25) is 0 Å². The second-order valence-electron chi connectivity index (χ2n) is 5.48. The van der Waals surface area contributed by atoms with E-state index in [1.54, 1.807) is 0 Å². The number of morpholine rings is 1. The molecule has 3 N–H and O–H groups in total. The van der Waals surface area contributed by atoms with Crippen molar-refractivity contribution in [2.45, 2.75) is 39.7 Å². The Morgan fingerprint density at radius 3 is 2.80 bits per heavy atom. The molecule has 6 heteroatoms. The number of hydrazine groups is 1. The highest BCUT2D eigenvalue weighted by Crippen LogP contribution is 2.27. The van der Waals surface area contributed by atoms with Gasteiger partial charge in [0.15, 0.2) is 5.82 Å². The van der Waals surface area contributed by atoms with E-state index in [1.807, 2.05) is 6.92 Å². The fraction of sp³-hybridized carbons (Fsp3) is 0.714. The van der Waals surface area contributed by atoms with Crippen molar-refractivity contribution < 1.29 is 4.74 Å². The minimum Gasteiger partial charge on any atom is -0.368 e. The van der Waals surface area contributed by atoms with Gasteiger partial charge in [-0.15, -0.1) is 0 Å². The van der Waals surface area contributed by atoms with Crippen molar-refractivity contribution in [2.75, 3.05) is 31.7 Å². The zero-order valence-corrected chi connectivity index (χ0v) is 12.8. The summed E-state index contributed by atoms with van der Waals surface area (Å²) in [6.45, 7) is 11.9. The lowest BCUT2D eigenvalue weighted by molar-refractivity contribution is -0.0326. The van der Waals surface area contributed by atoms with E-state index >= 15 is 0 Å². The van der Waals surface area contributed by atoms with E-state index in [-0.39, 0.29) is 6.10 Å². The van der Waals surface area contributed by atoms with Crippen LogP contribution in [0.25, 0.3) is 0 Å². The molecule has 0 spiro atoms. The average molecular weight is 279 g/mol. The minimum absolute atomic E-state index is 0.0734. The van der Waals surface area contributed by atoms with Gasteiger partial charge >= 0.3 is 0 Å². The molecule has 1 saturated heterocycles. The molecule has 0 radical (unpaired) electrons. The molecule has 20 heavy (non-hydrogen) atoms. The molecule has 1 aromatic heterocycles. The maximum atomic E-state index is 5.82. The second-order valence-corrected chi connectivity index (χ2v) is 5.48. The molecule has 0 amide bonds. The van der Waals surface area contributed by atoms with Crippen molar-refractivity contribution in [3.05, 3.63) is 17.1 Å². The summed E-state index contributed by atoms with van der Waals surface area (Å²) in [5.74, 6) is 7.37. The van der Waals surface area contributed by atoms with Crippen LogP contribution in [-0.2, 0) is 4.74 Å². The Morgan fingerprint density at radius 2 is 2.20 bits per heavy atom. The highest BCUT2D eigenvalue weighted by Gasteiger charge is 2.25. The first-order valence-electron chi connectivity index (χ1n) is 7.25. The normalized spacial score (nSPS) is 20.4. The molecular weight excluding hydrogens is 254 g/mol. The Hall–Kier alpha value is -1.24. The van der Waals surface area contributed by atoms with Gasteiger partial charge in [0, 0.05) is 24.3 Å². The predicted molar refractivity (Wildman–Crippen MR) is 79.5 cm³/mol. The van der Waals surface area contributed by atoms with Crippen LogP contribution in [-0.4, -0.2) is 41.1 Å². The monoisotopic (exact) mass is 279 g/mol. The number of anilines is 1. The number of nitrogen functional groups attached to an aromatic ring is 1. The molecule has 1 unspecified atom stereocenters. The van der Waals surface area contributed by atoms with Crippen molar-refractivity contribution in [2.24, 2.45) is 5.84 Å². The summed E-state index contributed by atoms with van der Waals surface area (Å²) in [7, 11) is 0. The van der Waals surface area contributed by atoms with E-state index in [9.17, 15) is 0 Å². The standard InChI is InChI=1S/C14H25N5O/c1-5-19-6-7-20-11(8-19)13-16-10(4)12(9(2)3)14(17-13)18-15/h9,11H,5-8,15H2,1-4H3,(H,16,17,18). The van der Waals surface area contributed by atoms with Gasteiger partial charge in [-0.3, -0.25) is 4.90 Å². The molecule has 2 heterocycles. The molecular formula is C14H25N5O. The van der Waals surface area contributed by atoms with Crippen molar-refractivity contribution >= 4 is 5.82 Å². The molecule has 0 aromatic carbocycles.